The van der Waals surface area contributed by atoms with Crippen molar-refractivity contribution in [3.8, 4) is 17.6 Å². The molecular weight excluding hydrogens is 254 g/mol. The summed E-state index contributed by atoms with van der Waals surface area (Å²) >= 11 is 0. The third kappa shape index (κ3) is 4.92. The van der Waals surface area contributed by atoms with Crippen molar-refractivity contribution >= 4 is 5.91 Å². The van der Waals surface area contributed by atoms with E-state index >= 15 is 0 Å². The zero-order chi connectivity index (χ0) is 15.0. The van der Waals surface area contributed by atoms with Gasteiger partial charge in [-0.25, -0.2) is 0 Å². The van der Waals surface area contributed by atoms with E-state index in [-0.39, 0.29) is 12.5 Å². The van der Waals surface area contributed by atoms with Gasteiger partial charge in [0.25, 0.3) is 0 Å². The van der Waals surface area contributed by atoms with Crippen LogP contribution < -0.4 is 16.2 Å². The van der Waals surface area contributed by atoms with Crippen LogP contribution in [-0.4, -0.2) is 37.6 Å². The average molecular weight is 275 g/mol. The molecule has 0 unspecified atom stereocenters. The quantitative estimate of drug-likeness (QED) is 0.732. The lowest BCUT2D eigenvalue weighted by Gasteiger charge is -2.19. The van der Waals surface area contributed by atoms with Crippen LogP contribution in [0.1, 0.15) is 18.1 Å². The third-order valence-corrected chi connectivity index (χ3v) is 2.86. The summed E-state index contributed by atoms with van der Waals surface area (Å²) in [6.07, 6.45) is 0. The molecule has 20 heavy (non-hydrogen) atoms. The number of rotatable bonds is 6. The number of benzene rings is 1. The molecule has 0 fully saturated rings. The summed E-state index contributed by atoms with van der Waals surface area (Å²) in [6, 6.07) is 5.67. The molecule has 0 aliphatic heterocycles. The molecule has 0 aliphatic carbocycles. The molecule has 0 atom stereocenters. The molecule has 0 spiro atoms. The van der Waals surface area contributed by atoms with Crippen molar-refractivity contribution in [3.05, 3.63) is 29.3 Å². The highest BCUT2D eigenvalue weighted by Gasteiger charge is 2.10. The van der Waals surface area contributed by atoms with E-state index in [9.17, 15) is 4.79 Å². The molecule has 0 saturated carbocycles. The van der Waals surface area contributed by atoms with Crippen LogP contribution in [0, 0.1) is 11.8 Å². The predicted octanol–water partition coefficient (Wildman–Crippen LogP) is 0.313. The van der Waals surface area contributed by atoms with Gasteiger partial charge in [0, 0.05) is 12.1 Å². The molecular formula is C15H21N3O2. The second kappa shape index (κ2) is 8.20. The maximum atomic E-state index is 11.1. The van der Waals surface area contributed by atoms with Crippen LogP contribution in [0.3, 0.4) is 0 Å². The van der Waals surface area contributed by atoms with Gasteiger partial charge in [-0.3, -0.25) is 9.69 Å². The summed E-state index contributed by atoms with van der Waals surface area (Å²) in [5, 5.41) is 0. The normalized spacial score (nSPS) is 10.0. The molecule has 4 N–H and O–H groups in total. The molecule has 5 heteroatoms. The first-order valence-electron chi connectivity index (χ1n) is 6.47. The van der Waals surface area contributed by atoms with Crippen LogP contribution in [0.2, 0.25) is 0 Å². The van der Waals surface area contributed by atoms with Gasteiger partial charge in [0.15, 0.2) is 0 Å². The van der Waals surface area contributed by atoms with Crippen molar-refractivity contribution in [2.24, 2.45) is 11.5 Å². The Labute approximate surface area is 119 Å². The Kier molecular flexibility index (Phi) is 6.57. The van der Waals surface area contributed by atoms with Crippen LogP contribution in [0.5, 0.6) is 5.75 Å². The molecule has 0 aromatic heterocycles. The zero-order valence-electron chi connectivity index (χ0n) is 12.0. The van der Waals surface area contributed by atoms with E-state index in [2.05, 4.69) is 11.8 Å². The summed E-state index contributed by atoms with van der Waals surface area (Å²) in [5.74, 6) is 6.29. The number of nitrogens with zero attached hydrogens (tertiary/aromatic N) is 1. The Morgan fingerprint density at radius 1 is 1.45 bits per heavy atom. The molecule has 5 nitrogen and oxygen atoms in total. The number of nitrogens with two attached hydrogens (primary N) is 2. The van der Waals surface area contributed by atoms with E-state index in [1.807, 2.05) is 30.0 Å². The largest absolute Gasteiger partial charge is 0.497 e. The minimum absolute atomic E-state index is 0.220. The van der Waals surface area contributed by atoms with Crippen molar-refractivity contribution in [2.75, 3.05) is 26.7 Å². The second-order valence-electron chi connectivity index (χ2n) is 4.30. The van der Waals surface area contributed by atoms with Gasteiger partial charge in [0.05, 0.1) is 20.2 Å². The highest BCUT2D eigenvalue weighted by molar-refractivity contribution is 5.75. The van der Waals surface area contributed by atoms with Crippen LogP contribution in [0.25, 0.3) is 0 Å². The molecule has 0 radical (unpaired) electrons. The fraction of sp³-hybridized carbons (Fsp3) is 0.400. The van der Waals surface area contributed by atoms with Gasteiger partial charge >= 0.3 is 0 Å². The van der Waals surface area contributed by atoms with Gasteiger partial charge in [0.2, 0.25) is 5.91 Å². The molecule has 0 bridgehead atoms. The second-order valence-corrected chi connectivity index (χ2v) is 4.30. The maximum absolute atomic E-state index is 11.1. The Balaban J connectivity index is 3.02. The number of carbonyl (C=O) groups excluding carboxylic acids is 1. The number of hydrogen-bond donors (Lipinski definition) is 2. The van der Waals surface area contributed by atoms with Gasteiger partial charge in [-0.15, -0.1) is 0 Å². The maximum Gasteiger partial charge on any atom is 0.231 e. The SMILES string of the molecule is CCN(CC(N)=O)Cc1cc(OC)ccc1C#CCN. The number of amides is 1. The number of likely N-dealkylation sites (N-methyl/N-ethyl adjacent to an activating group) is 1. The van der Waals surface area contributed by atoms with E-state index in [1.165, 1.54) is 0 Å². The topological polar surface area (TPSA) is 81.6 Å². The summed E-state index contributed by atoms with van der Waals surface area (Å²) in [5.41, 5.74) is 12.5. The Morgan fingerprint density at radius 3 is 2.75 bits per heavy atom. The van der Waals surface area contributed by atoms with Crippen molar-refractivity contribution < 1.29 is 9.53 Å². The minimum Gasteiger partial charge on any atom is -0.497 e. The summed E-state index contributed by atoms with van der Waals surface area (Å²) in [4.78, 5) is 13.0. The van der Waals surface area contributed by atoms with Crippen molar-refractivity contribution in [1.82, 2.24) is 4.90 Å². The fourth-order valence-corrected chi connectivity index (χ4v) is 1.84. The third-order valence-electron chi connectivity index (χ3n) is 2.86. The first-order valence-corrected chi connectivity index (χ1v) is 6.47. The number of ether oxygens (including phenoxy) is 1. The monoisotopic (exact) mass is 275 g/mol. The van der Waals surface area contributed by atoms with Gasteiger partial charge in [-0.1, -0.05) is 18.8 Å². The van der Waals surface area contributed by atoms with E-state index in [0.717, 1.165) is 23.4 Å². The molecule has 1 aromatic carbocycles. The van der Waals surface area contributed by atoms with E-state index < -0.39 is 0 Å². The van der Waals surface area contributed by atoms with Crippen LogP contribution in [0.15, 0.2) is 18.2 Å². The van der Waals surface area contributed by atoms with Crippen molar-refractivity contribution in [1.29, 1.82) is 0 Å². The molecule has 1 aromatic rings. The Hall–Kier alpha value is -2.03. The fourth-order valence-electron chi connectivity index (χ4n) is 1.84. The standard InChI is InChI=1S/C15H21N3O2/c1-3-18(11-15(17)19)10-13-9-14(20-2)7-6-12(13)5-4-8-16/h6-7,9H,3,8,10-11,16H2,1-2H3,(H2,17,19). The average Bonchev–Trinajstić information content (AvgIpc) is 2.44. The Morgan fingerprint density at radius 2 is 2.20 bits per heavy atom. The number of hydrogen-bond acceptors (Lipinski definition) is 4. The lowest BCUT2D eigenvalue weighted by atomic mass is 10.1. The van der Waals surface area contributed by atoms with Crippen molar-refractivity contribution in [3.63, 3.8) is 0 Å². The first-order chi connectivity index (χ1) is 9.60. The summed E-state index contributed by atoms with van der Waals surface area (Å²) < 4.78 is 5.23. The molecule has 0 heterocycles. The van der Waals surface area contributed by atoms with E-state index in [4.69, 9.17) is 16.2 Å². The van der Waals surface area contributed by atoms with E-state index in [1.54, 1.807) is 7.11 Å². The van der Waals surface area contributed by atoms with Crippen molar-refractivity contribution in [2.45, 2.75) is 13.5 Å². The minimum atomic E-state index is -0.343. The summed E-state index contributed by atoms with van der Waals surface area (Å²) in [6.45, 7) is 3.82. The lowest BCUT2D eigenvalue weighted by molar-refractivity contribution is -0.119. The molecule has 1 amide bonds. The zero-order valence-corrected chi connectivity index (χ0v) is 12.0. The first kappa shape index (κ1) is 16.0. The molecule has 1 rings (SSSR count). The lowest BCUT2D eigenvalue weighted by Crippen LogP contribution is -2.33. The highest BCUT2D eigenvalue weighted by Crippen LogP contribution is 2.18. The van der Waals surface area contributed by atoms with Gasteiger partial charge in [0.1, 0.15) is 5.75 Å². The van der Waals surface area contributed by atoms with E-state index in [0.29, 0.717) is 13.1 Å². The van der Waals surface area contributed by atoms with Crippen LogP contribution >= 0.6 is 0 Å². The smallest absolute Gasteiger partial charge is 0.231 e. The number of primary amides is 1. The van der Waals surface area contributed by atoms with Gasteiger partial charge in [-0.05, 0) is 30.3 Å². The Bertz CT molecular complexity index is 518. The number of methoxy groups -OCH3 is 1. The number of carbonyl (C=O) groups is 1. The van der Waals surface area contributed by atoms with Crippen LogP contribution in [-0.2, 0) is 11.3 Å². The summed E-state index contributed by atoms with van der Waals surface area (Å²) in [7, 11) is 1.62. The van der Waals surface area contributed by atoms with Gasteiger partial charge < -0.3 is 16.2 Å². The molecule has 108 valence electrons. The highest BCUT2D eigenvalue weighted by atomic mass is 16.5. The van der Waals surface area contributed by atoms with Gasteiger partial charge in [-0.2, -0.15) is 0 Å². The molecule has 0 aliphatic rings. The van der Waals surface area contributed by atoms with Crippen LogP contribution in [0.4, 0.5) is 0 Å². The molecule has 0 saturated heterocycles. The predicted molar refractivity (Wildman–Crippen MR) is 79.1 cm³/mol.